The van der Waals surface area contributed by atoms with E-state index in [0.717, 1.165) is 0 Å². The van der Waals surface area contributed by atoms with E-state index >= 15 is 0 Å². The number of nitrogens with one attached hydrogen (secondary N) is 1. The normalized spacial score (nSPS) is 28.1. The van der Waals surface area contributed by atoms with Gasteiger partial charge < -0.3 is 5.32 Å². The van der Waals surface area contributed by atoms with E-state index in [1.807, 2.05) is 0 Å². The van der Waals surface area contributed by atoms with Gasteiger partial charge >= 0.3 is 0 Å². The Morgan fingerprint density at radius 1 is 1.00 bits per heavy atom. The molecule has 1 atom stereocenters. The van der Waals surface area contributed by atoms with E-state index in [0.29, 0.717) is 22.9 Å². The van der Waals surface area contributed by atoms with Crippen molar-refractivity contribution in [1.29, 1.82) is 0 Å². The van der Waals surface area contributed by atoms with Crippen molar-refractivity contribution in [3.63, 3.8) is 0 Å². The first-order chi connectivity index (χ1) is 9.85. The first-order valence-electron chi connectivity index (χ1n) is 8.69. The average Bonchev–Trinajstić information content (AvgIpc) is 2.35. The lowest BCUT2D eigenvalue weighted by Crippen LogP contribution is -2.45. The van der Waals surface area contributed by atoms with E-state index in [-0.39, 0.29) is 0 Å². The Morgan fingerprint density at radius 3 is 2.38 bits per heavy atom. The quantitative estimate of drug-likeness (QED) is 0.781. The Kier molecular flexibility index (Phi) is 3.90. The molecule has 0 heterocycles. The van der Waals surface area contributed by atoms with Gasteiger partial charge in [0.15, 0.2) is 0 Å². The molecule has 0 saturated heterocycles. The highest BCUT2D eigenvalue weighted by Gasteiger charge is 2.39. The molecule has 1 aromatic carbocycles. The van der Waals surface area contributed by atoms with E-state index in [9.17, 15) is 0 Å². The lowest BCUT2D eigenvalue weighted by Gasteiger charge is -2.46. The van der Waals surface area contributed by atoms with Gasteiger partial charge in [-0.05, 0) is 60.5 Å². The summed E-state index contributed by atoms with van der Waals surface area (Å²) in [5.74, 6) is 0. The first kappa shape index (κ1) is 15.1. The van der Waals surface area contributed by atoms with Crippen molar-refractivity contribution in [2.75, 3.05) is 0 Å². The van der Waals surface area contributed by atoms with Gasteiger partial charge in [0, 0.05) is 12.1 Å². The average molecular weight is 285 g/mol. The summed E-state index contributed by atoms with van der Waals surface area (Å²) in [6.07, 6.45) is 7.86. The molecular weight excluding hydrogens is 254 g/mol. The molecule has 1 fully saturated rings. The maximum Gasteiger partial charge on any atom is 0.0325 e. The monoisotopic (exact) mass is 285 g/mol. The predicted octanol–water partition coefficient (Wildman–Crippen LogP) is 5.26. The van der Waals surface area contributed by atoms with Gasteiger partial charge in [0.2, 0.25) is 0 Å². The zero-order valence-electron chi connectivity index (χ0n) is 14.2. The van der Waals surface area contributed by atoms with Gasteiger partial charge in [0.05, 0.1) is 0 Å². The molecule has 0 aliphatic heterocycles. The molecule has 0 radical (unpaired) electrons. The summed E-state index contributed by atoms with van der Waals surface area (Å²) < 4.78 is 0. The van der Waals surface area contributed by atoms with Crippen LogP contribution in [0.1, 0.15) is 77.0 Å². The van der Waals surface area contributed by atoms with Crippen LogP contribution in [0.4, 0.5) is 0 Å². The molecule has 1 nitrogen and oxygen atoms in total. The van der Waals surface area contributed by atoms with Crippen molar-refractivity contribution >= 4 is 0 Å². The molecule has 0 spiro atoms. The van der Waals surface area contributed by atoms with Crippen LogP contribution in [0.2, 0.25) is 0 Å². The molecule has 2 aliphatic carbocycles. The molecule has 116 valence electrons. The van der Waals surface area contributed by atoms with Crippen molar-refractivity contribution in [2.24, 2.45) is 10.8 Å². The van der Waals surface area contributed by atoms with E-state index < -0.39 is 0 Å². The van der Waals surface area contributed by atoms with E-state index in [1.165, 1.54) is 38.5 Å². The van der Waals surface area contributed by atoms with Crippen molar-refractivity contribution in [2.45, 2.75) is 78.3 Å². The van der Waals surface area contributed by atoms with Gasteiger partial charge in [0.1, 0.15) is 0 Å². The van der Waals surface area contributed by atoms with Gasteiger partial charge in [-0.1, -0.05) is 52.0 Å². The second-order valence-corrected chi connectivity index (χ2v) is 8.92. The van der Waals surface area contributed by atoms with Crippen LogP contribution >= 0.6 is 0 Å². The maximum atomic E-state index is 4.03. The third kappa shape index (κ3) is 3.51. The lowest BCUT2D eigenvalue weighted by atomic mass is 9.63. The molecule has 1 N–H and O–H groups in total. The highest BCUT2D eigenvalue weighted by molar-refractivity contribution is 5.32. The molecule has 21 heavy (non-hydrogen) atoms. The van der Waals surface area contributed by atoms with E-state index in [2.05, 4.69) is 57.3 Å². The molecule has 1 saturated carbocycles. The van der Waals surface area contributed by atoms with Gasteiger partial charge in [-0.15, -0.1) is 0 Å². The van der Waals surface area contributed by atoms with Crippen LogP contribution in [0, 0.1) is 10.8 Å². The van der Waals surface area contributed by atoms with Gasteiger partial charge in [-0.25, -0.2) is 0 Å². The van der Waals surface area contributed by atoms with Gasteiger partial charge in [-0.3, -0.25) is 0 Å². The summed E-state index contributed by atoms with van der Waals surface area (Å²) in [6.45, 7) is 9.77. The predicted molar refractivity (Wildman–Crippen MR) is 90.5 cm³/mol. The van der Waals surface area contributed by atoms with Crippen molar-refractivity contribution in [3.8, 4) is 0 Å². The molecule has 1 unspecified atom stereocenters. The van der Waals surface area contributed by atoms with Gasteiger partial charge in [0.25, 0.3) is 0 Å². The Hall–Kier alpha value is -0.820. The molecular formula is C20H31N. The summed E-state index contributed by atoms with van der Waals surface area (Å²) in [4.78, 5) is 0. The van der Waals surface area contributed by atoms with Crippen molar-refractivity contribution in [1.82, 2.24) is 5.32 Å². The molecule has 1 heteroatoms. The third-order valence-electron chi connectivity index (χ3n) is 5.36. The number of fused-ring (bicyclic) bond motifs is 1. The van der Waals surface area contributed by atoms with Crippen LogP contribution in [-0.2, 0) is 6.42 Å². The molecule has 0 bridgehead atoms. The van der Waals surface area contributed by atoms with Crippen LogP contribution in [0.15, 0.2) is 24.3 Å². The molecule has 1 aromatic rings. The van der Waals surface area contributed by atoms with Crippen molar-refractivity contribution < 1.29 is 0 Å². The minimum atomic E-state index is 0.466. The minimum absolute atomic E-state index is 0.466. The highest BCUT2D eigenvalue weighted by Crippen LogP contribution is 2.46. The SMILES string of the molecule is CC1(C)CC(NC2CCCc3ccccc32)CC(C)(C)C1. The molecule has 3 rings (SSSR count). The molecule has 0 amide bonds. The standard InChI is InChI=1S/C20H31N/c1-19(2)12-16(13-20(3,4)14-19)21-18-11-7-9-15-8-5-6-10-17(15)18/h5-6,8,10,16,18,21H,7,9,11-14H2,1-4H3. The topological polar surface area (TPSA) is 12.0 Å². The maximum absolute atomic E-state index is 4.03. The fourth-order valence-corrected chi connectivity index (χ4v) is 5.18. The van der Waals surface area contributed by atoms with E-state index in [1.54, 1.807) is 11.1 Å². The second kappa shape index (κ2) is 5.43. The fraction of sp³-hybridized carbons (Fsp3) is 0.700. The van der Waals surface area contributed by atoms with Crippen LogP contribution in [-0.4, -0.2) is 6.04 Å². The molecule has 2 aliphatic rings. The minimum Gasteiger partial charge on any atom is -0.307 e. The van der Waals surface area contributed by atoms with Gasteiger partial charge in [-0.2, -0.15) is 0 Å². The zero-order chi connectivity index (χ0) is 15.1. The van der Waals surface area contributed by atoms with Crippen LogP contribution in [0.25, 0.3) is 0 Å². The first-order valence-corrected chi connectivity index (χ1v) is 8.69. The summed E-state index contributed by atoms with van der Waals surface area (Å²) >= 11 is 0. The highest BCUT2D eigenvalue weighted by atomic mass is 15.0. The summed E-state index contributed by atoms with van der Waals surface area (Å²) in [5, 5.41) is 4.03. The number of aryl methyl sites for hydroxylation is 1. The Morgan fingerprint density at radius 2 is 1.67 bits per heavy atom. The Balaban J connectivity index is 1.75. The fourth-order valence-electron chi connectivity index (χ4n) is 5.18. The van der Waals surface area contributed by atoms with Crippen LogP contribution < -0.4 is 5.32 Å². The zero-order valence-corrected chi connectivity index (χ0v) is 14.2. The Bertz CT molecular complexity index is 484. The molecule has 0 aromatic heterocycles. The summed E-state index contributed by atoms with van der Waals surface area (Å²) in [6, 6.07) is 10.3. The summed E-state index contributed by atoms with van der Waals surface area (Å²) in [5.41, 5.74) is 4.06. The lowest BCUT2D eigenvalue weighted by molar-refractivity contribution is 0.0790. The van der Waals surface area contributed by atoms with Crippen LogP contribution in [0.5, 0.6) is 0 Å². The third-order valence-corrected chi connectivity index (χ3v) is 5.36. The number of rotatable bonds is 2. The second-order valence-electron chi connectivity index (χ2n) is 8.92. The number of hydrogen-bond donors (Lipinski definition) is 1. The van der Waals surface area contributed by atoms with Crippen molar-refractivity contribution in [3.05, 3.63) is 35.4 Å². The smallest absolute Gasteiger partial charge is 0.0325 e. The summed E-state index contributed by atoms with van der Waals surface area (Å²) in [7, 11) is 0. The number of benzene rings is 1. The van der Waals surface area contributed by atoms with Crippen LogP contribution in [0.3, 0.4) is 0 Å². The number of hydrogen-bond acceptors (Lipinski definition) is 1. The Labute approximate surface area is 130 Å². The van der Waals surface area contributed by atoms with E-state index in [4.69, 9.17) is 0 Å². The largest absolute Gasteiger partial charge is 0.307 e.